The number of hydrogen-bond acceptors (Lipinski definition) is 6. The van der Waals surface area contributed by atoms with Gasteiger partial charge in [-0.1, -0.05) is 6.07 Å². The fourth-order valence-electron chi connectivity index (χ4n) is 3.56. The Kier molecular flexibility index (Phi) is 5.13. The van der Waals surface area contributed by atoms with Crippen molar-refractivity contribution in [2.45, 2.75) is 33.0 Å². The lowest BCUT2D eigenvalue weighted by atomic mass is 10.1. The van der Waals surface area contributed by atoms with Crippen LogP contribution in [-0.4, -0.2) is 59.6 Å². The highest BCUT2D eigenvalue weighted by molar-refractivity contribution is 5.92. The van der Waals surface area contributed by atoms with Crippen LogP contribution in [0.15, 0.2) is 29.0 Å². The first-order valence-electron chi connectivity index (χ1n) is 9.37. The number of amides is 1. The third kappa shape index (κ3) is 3.84. The molecule has 1 aromatic heterocycles. The molecule has 1 amide bonds. The number of rotatable bonds is 3. The van der Waals surface area contributed by atoms with E-state index in [1.165, 1.54) is 12.0 Å². The van der Waals surface area contributed by atoms with E-state index in [1.54, 1.807) is 11.8 Å². The maximum Gasteiger partial charge on any atom is 0.292 e. The molecule has 2 aliphatic heterocycles. The predicted octanol–water partition coefficient (Wildman–Crippen LogP) is 2.24. The van der Waals surface area contributed by atoms with Gasteiger partial charge in [-0.25, -0.2) is 4.98 Å². The number of aryl methyl sites for hydroxylation is 1. The van der Waals surface area contributed by atoms with Crippen LogP contribution < -0.4 is 4.74 Å². The second-order valence-electron chi connectivity index (χ2n) is 7.19. The van der Waals surface area contributed by atoms with Crippen LogP contribution in [0.4, 0.5) is 0 Å². The van der Waals surface area contributed by atoms with Gasteiger partial charge in [-0.05, 0) is 31.5 Å². The standard InChI is InChI=1S/C20H25N3O4/c1-14-12-26-18-4-3-16(10-22-5-7-25-8-6-22)9-17(18)11-23(14)20(24)19-15(2)21-13-27-19/h3-4,9,13-14H,5-8,10-12H2,1-2H3/t14-/m0/s1. The highest BCUT2D eigenvalue weighted by atomic mass is 16.5. The van der Waals surface area contributed by atoms with Crippen LogP contribution in [0.25, 0.3) is 0 Å². The Morgan fingerprint density at radius 2 is 2.11 bits per heavy atom. The van der Waals surface area contributed by atoms with Gasteiger partial charge in [-0.2, -0.15) is 0 Å². The van der Waals surface area contributed by atoms with Gasteiger partial charge in [0.05, 0.1) is 31.5 Å². The number of benzene rings is 1. The van der Waals surface area contributed by atoms with Crippen molar-refractivity contribution in [2.24, 2.45) is 0 Å². The van der Waals surface area contributed by atoms with Gasteiger partial charge in [0.15, 0.2) is 6.39 Å². The lowest BCUT2D eigenvalue weighted by molar-refractivity contribution is 0.0341. The van der Waals surface area contributed by atoms with E-state index in [-0.39, 0.29) is 11.9 Å². The fourth-order valence-corrected chi connectivity index (χ4v) is 3.56. The topological polar surface area (TPSA) is 68.0 Å². The first-order valence-corrected chi connectivity index (χ1v) is 9.37. The number of nitrogens with zero attached hydrogens (tertiary/aromatic N) is 3. The lowest BCUT2D eigenvalue weighted by Crippen LogP contribution is -2.40. The van der Waals surface area contributed by atoms with Crippen LogP contribution in [0, 0.1) is 6.92 Å². The summed E-state index contributed by atoms with van der Waals surface area (Å²) in [5.74, 6) is 1.000. The normalized spacial score (nSPS) is 20.7. The highest BCUT2D eigenvalue weighted by Gasteiger charge is 2.29. The molecule has 4 rings (SSSR count). The first kappa shape index (κ1) is 18.0. The molecule has 1 saturated heterocycles. The lowest BCUT2D eigenvalue weighted by Gasteiger charge is -2.27. The Balaban J connectivity index is 1.55. The molecule has 1 atom stereocenters. The molecule has 0 N–H and O–H groups in total. The molecule has 0 aliphatic carbocycles. The van der Waals surface area contributed by atoms with Crippen molar-refractivity contribution in [2.75, 3.05) is 32.9 Å². The van der Waals surface area contributed by atoms with E-state index >= 15 is 0 Å². The summed E-state index contributed by atoms with van der Waals surface area (Å²) in [4.78, 5) is 21.2. The smallest absolute Gasteiger partial charge is 0.292 e. The second-order valence-corrected chi connectivity index (χ2v) is 7.19. The molecule has 2 aromatic rings. The van der Waals surface area contributed by atoms with E-state index in [0.29, 0.717) is 24.6 Å². The molecule has 7 heteroatoms. The SMILES string of the molecule is Cc1ncoc1C(=O)N1Cc2cc(CN3CCOCC3)ccc2OC[C@@H]1C. The molecule has 1 aromatic carbocycles. The molecule has 0 bridgehead atoms. The van der Waals surface area contributed by atoms with Crippen LogP contribution in [0.3, 0.4) is 0 Å². The van der Waals surface area contributed by atoms with E-state index in [0.717, 1.165) is 44.2 Å². The van der Waals surface area contributed by atoms with E-state index in [4.69, 9.17) is 13.9 Å². The Hall–Kier alpha value is -2.38. The number of ether oxygens (including phenoxy) is 2. The Labute approximate surface area is 158 Å². The average Bonchev–Trinajstić information content (AvgIpc) is 3.03. The van der Waals surface area contributed by atoms with Crippen LogP contribution in [0.2, 0.25) is 0 Å². The molecule has 0 radical (unpaired) electrons. The predicted molar refractivity (Wildman–Crippen MR) is 98.6 cm³/mol. The molecular weight excluding hydrogens is 346 g/mol. The van der Waals surface area contributed by atoms with Gasteiger partial charge in [0.25, 0.3) is 5.91 Å². The molecule has 0 unspecified atom stereocenters. The molecule has 2 aliphatic rings. The summed E-state index contributed by atoms with van der Waals surface area (Å²) in [6, 6.07) is 6.22. The van der Waals surface area contributed by atoms with E-state index in [1.807, 2.05) is 13.0 Å². The van der Waals surface area contributed by atoms with Gasteiger partial charge in [0.2, 0.25) is 5.76 Å². The molecule has 1 fully saturated rings. The van der Waals surface area contributed by atoms with Crippen molar-refractivity contribution in [3.8, 4) is 5.75 Å². The Morgan fingerprint density at radius 1 is 1.30 bits per heavy atom. The van der Waals surface area contributed by atoms with E-state index in [9.17, 15) is 4.79 Å². The summed E-state index contributed by atoms with van der Waals surface area (Å²) < 4.78 is 16.7. The number of oxazole rings is 1. The number of carbonyl (C=O) groups is 1. The maximum absolute atomic E-state index is 13.0. The minimum atomic E-state index is -0.146. The maximum atomic E-state index is 13.0. The van der Waals surface area contributed by atoms with E-state index < -0.39 is 0 Å². The second kappa shape index (κ2) is 7.70. The first-order chi connectivity index (χ1) is 13.1. The number of carbonyl (C=O) groups excluding carboxylic acids is 1. The number of hydrogen-bond donors (Lipinski definition) is 0. The molecule has 0 spiro atoms. The van der Waals surface area contributed by atoms with Crippen molar-refractivity contribution in [3.63, 3.8) is 0 Å². The largest absolute Gasteiger partial charge is 0.491 e. The summed E-state index contributed by atoms with van der Waals surface area (Å²) in [6.45, 7) is 9.05. The van der Waals surface area contributed by atoms with Crippen molar-refractivity contribution < 1.29 is 18.7 Å². The average molecular weight is 371 g/mol. The Morgan fingerprint density at radius 3 is 2.85 bits per heavy atom. The van der Waals surface area contributed by atoms with Gasteiger partial charge in [-0.3, -0.25) is 9.69 Å². The van der Waals surface area contributed by atoms with Crippen LogP contribution in [0.5, 0.6) is 5.75 Å². The monoisotopic (exact) mass is 371 g/mol. The summed E-state index contributed by atoms with van der Waals surface area (Å²) in [5.41, 5.74) is 2.85. The number of fused-ring (bicyclic) bond motifs is 1. The fraction of sp³-hybridized carbons (Fsp3) is 0.500. The molecule has 7 nitrogen and oxygen atoms in total. The molecule has 3 heterocycles. The summed E-state index contributed by atoms with van der Waals surface area (Å²) in [6.07, 6.45) is 1.32. The molecule has 27 heavy (non-hydrogen) atoms. The molecule has 0 saturated carbocycles. The molecule has 144 valence electrons. The third-order valence-corrected chi connectivity index (χ3v) is 5.19. The number of morpholine rings is 1. The van der Waals surface area contributed by atoms with Crippen LogP contribution >= 0.6 is 0 Å². The Bertz CT molecular complexity index is 813. The molecular formula is C20H25N3O4. The zero-order valence-electron chi connectivity index (χ0n) is 15.8. The van der Waals surface area contributed by atoms with E-state index in [2.05, 4.69) is 22.0 Å². The highest BCUT2D eigenvalue weighted by Crippen LogP contribution is 2.28. The minimum absolute atomic E-state index is 0.0582. The van der Waals surface area contributed by atoms with Crippen LogP contribution in [-0.2, 0) is 17.8 Å². The third-order valence-electron chi connectivity index (χ3n) is 5.19. The van der Waals surface area contributed by atoms with Gasteiger partial charge >= 0.3 is 0 Å². The minimum Gasteiger partial charge on any atom is -0.491 e. The van der Waals surface area contributed by atoms with Crippen molar-refractivity contribution in [1.29, 1.82) is 0 Å². The zero-order valence-corrected chi connectivity index (χ0v) is 15.8. The van der Waals surface area contributed by atoms with Crippen molar-refractivity contribution in [3.05, 3.63) is 47.2 Å². The van der Waals surface area contributed by atoms with Gasteiger partial charge < -0.3 is 18.8 Å². The van der Waals surface area contributed by atoms with Crippen molar-refractivity contribution >= 4 is 5.91 Å². The van der Waals surface area contributed by atoms with Gasteiger partial charge in [0.1, 0.15) is 12.4 Å². The summed E-state index contributed by atoms with van der Waals surface area (Å²) in [7, 11) is 0. The number of aromatic nitrogens is 1. The quantitative estimate of drug-likeness (QED) is 0.824. The summed E-state index contributed by atoms with van der Waals surface area (Å²) in [5, 5.41) is 0. The summed E-state index contributed by atoms with van der Waals surface area (Å²) >= 11 is 0. The van der Waals surface area contributed by atoms with Crippen molar-refractivity contribution in [1.82, 2.24) is 14.8 Å². The van der Waals surface area contributed by atoms with Gasteiger partial charge in [0, 0.05) is 25.2 Å². The van der Waals surface area contributed by atoms with Crippen LogP contribution in [0.1, 0.15) is 34.3 Å². The van der Waals surface area contributed by atoms with Gasteiger partial charge in [-0.15, -0.1) is 0 Å². The zero-order chi connectivity index (χ0) is 18.8.